The van der Waals surface area contributed by atoms with E-state index in [9.17, 15) is 14.4 Å². The molecule has 0 aromatic carbocycles. The molecular formula is C62H122N2O6S2. The third kappa shape index (κ3) is 49.9. The first kappa shape index (κ1) is 71.0. The molecule has 0 spiro atoms. The highest BCUT2D eigenvalue weighted by Gasteiger charge is 2.20. The second kappa shape index (κ2) is 56.2. The topological polar surface area (TPSA) is 85.4 Å². The summed E-state index contributed by atoms with van der Waals surface area (Å²) in [5, 5.41) is 0. The van der Waals surface area contributed by atoms with Gasteiger partial charge in [0.05, 0.1) is 19.6 Å². The van der Waals surface area contributed by atoms with Gasteiger partial charge in [0.2, 0.25) is 0 Å². The molecule has 72 heavy (non-hydrogen) atoms. The summed E-state index contributed by atoms with van der Waals surface area (Å²) in [5.41, 5.74) is 0. The lowest BCUT2D eigenvalue weighted by molar-refractivity contribution is -0.146. The minimum absolute atomic E-state index is 0.00678. The number of esters is 3. The monoisotopic (exact) mass is 1050 g/mol. The minimum atomic E-state index is -0.0609. The van der Waals surface area contributed by atoms with Gasteiger partial charge in [-0.15, -0.1) is 0 Å². The van der Waals surface area contributed by atoms with Crippen LogP contribution in [0.3, 0.4) is 0 Å². The van der Waals surface area contributed by atoms with E-state index in [1.807, 2.05) is 21.6 Å². The largest absolute Gasteiger partial charge is 0.465 e. The number of hydrogen-bond acceptors (Lipinski definition) is 10. The molecule has 2 unspecified atom stereocenters. The van der Waals surface area contributed by atoms with Crippen molar-refractivity contribution in [2.45, 2.75) is 304 Å². The molecule has 0 heterocycles. The van der Waals surface area contributed by atoms with Gasteiger partial charge in [0.25, 0.3) is 0 Å². The first-order chi connectivity index (χ1) is 35.2. The zero-order valence-electron chi connectivity index (χ0n) is 49.0. The van der Waals surface area contributed by atoms with Gasteiger partial charge >= 0.3 is 17.9 Å². The van der Waals surface area contributed by atoms with E-state index >= 15 is 0 Å². The van der Waals surface area contributed by atoms with Crippen molar-refractivity contribution < 1.29 is 28.6 Å². The molecule has 0 rings (SSSR count). The molecule has 0 aromatic heterocycles. The first-order valence-corrected chi connectivity index (χ1v) is 33.8. The molecule has 0 aliphatic heterocycles. The van der Waals surface area contributed by atoms with E-state index in [0.717, 1.165) is 70.3 Å². The molecular weight excluding hydrogens is 933 g/mol. The Morgan fingerprint density at radius 2 is 0.736 bits per heavy atom. The molecule has 0 bridgehead atoms. The average molecular weight is 1060 g/mol. The van der Waals surface area contributed by atoms with E-state index < -0.39 is 0 Å². The fourth-order valence-corrected chi connectivity index (χ4v) is 11.9. The number of carbonyl (C=O) groups is 3. The fraction of sp³-hybridized carbons (Fsp3) is 0.952. The number of nitrogens with zero attached hydrogens (tertiary/aromatic N) is 2. The maximum Gasteiger partial charge on any atom is 0.307 e. The lowest BCUT2D eigenvalue weighted by Crippen LogP contribution is -2.39. The van der Waals surface area contributed by atoms with E-state index in [0.29, 0.717) is 57.0 Å². The molecule has 428 valence electrons. The SMILES string of the molecule is CCCCCCCCCSSCCOC(=O)CCN(CCCN(C)C)C(CCCCCCCCC(=O)OCC(CCCC)CCCCCC)CCCCCCCCC(=O)OCC(CCCC)CCCCCC. The van der Waals surface area contributed by atoms with Crippen LogP contribution in [-0.4, -0.2) is 98.8 Å². The van der Waals surface area contributed by atoms with E-state index in [1.165, 1.54) is 205 Å². The van der Waals surface area contributed by atoms with Gasteiger partial charge in [0.15, 0.2) is 0 Å². The summed E-state index contributed by atoms with van der Waals surface area (Å²) >= 11 is 0. The molecule has 0 N–H and O–H groups in total. The Hall–Kier alpha value is -0.970. The zero-order valence-corrected chi connectivity index (χ0v) is 50.7. The number of ether oxygens (including phenoxy) is 3. The standard InChI is InChI=1S/C62H122N2O6S2/c1-8-13-18-21-26-31-38-53-71-72-54-52-68-62(67)48-51-64(50-39-49-63(6)7)59(44-34-27-22-24-29-36-46-60(65)69-55-57(40-16-11-4)42-32-19-14-9-2)45-35-28-23-25-30-37-47-61(66)70-56-58(41-17-12-5)43-33-20-15-10-3/h57-59H,8-56H2,1-7H3. The highest BCUT2D eigenvalue weighted by molar-refractivity contribution is 8.76. The van der Waals surface area contributed by atoms with Crippen LogP contribution in [-0.2, 0) is 28.6 Å². The second-order valence-electron chi connectivity index (χ2n) is 22.0. The van der Waals surface area contributed by atoms with Gasteiger partial charge in [-0.2, -0.15) is 0 Å². The summed E-state index contributed by atoms with van der Waals surface area (Å²) in [5.74, 6) is 3.00. The number of carbonyl (C=O) groups excluding carboxylic acids is 3. The molecule has 0 saturated carbocycles. The first-order valence-electron chi connectivity index (χ1n) is 31.3. The van der Waals surface area contributed by atoms with Crippen LogP contribution in [0.2, 0.25) is 0 Å². The molecule has 0 radical (unpaired) electrons. The summed E-state index contributed by atoms with van der Waals surface area (Å²) in [4.78, 5) is 43.3. The minimum Gasteiger partial charge on any atom is -0.465 e. The fourth-order valence-electron chi connectivity index (χ4n) is 9.91. The maximum atomic E-state index is 13.1. The van der Waals surface area contributed by atoms with E-state index in [4.69, 9.17) is 14.2 Å². The van der Waals surface area contributed by atoms with Crippen molar-refractivity contribution in [3.63, 3.8) is 0 Å². The molecule has 8 nitrogen and oxygen atoms in total. The number of rotatable bonds is 58. The van der Waals surface area contributed by atoms with Crippen molar-refractivity contribution >= 4 is 39.5 Å². The van der Waals surface area contributed by atoms with Crippen molar-refractivity contribution in [1.29, 1.82) is 0 Å². The molecule has 0 aliphatic carbocycles. The predicted octanol–water partition coefficient (Wildman–Crippen LogP) is 18.6. The van der Waals surface area contributed by atoms with Crippen LogP contribution in [0.1, 0.15) is 298 Å². The smallest absolute Gasteiger partial charge is 0.307 e. The Kier molecular flexibility index (Phi) is 55.5. The highest BCUT2D eigenvalue weighted by atomic mass is 33.1. The second-order valence-corrected chi connectivity index (χ2v) is 24.7. The lowest BCUT2D eigenvalue weighted by atomic mass is 9.96. The summed E-state index contributed by atoms with van der Waals surface area (Å²) in [6, 6.07) is 0.462. The van der Waals surface area contributed by atoms with Gasteiger partial charge in [-0.05, 0) is 103 Å². The molecule has 10 heteroatoms. The summed E-state index contributed by atoms with van der Waals surface area (Å²) in [7, 11) is 8.07. The van der Waals surface area contributed by atoms with Crippen LogP contribution in [0.25, 0.3) is 0 Å². The molecule has 0 fully saturated rings. The van der Waals surface area contributed by atoms with Crippen molar-refractivity contribution in [1.82, 2.24) is 9.80 Å². The Morgan fingerprint density at radius 3 is 1.21 bits per heavy atom. The van der Waals surface area contributed by atoms with Gasteiger partial charge in [0, 0.05) is 36.9 Å². The molecule has 0 aromatic rings. The Labute approximate surface area is 456 Å². The van der Waals surface area contributed by atoms with Crippen LogP contribution in [0, 0.1) is 11.8 Å². The highest BCUT2D eigenvalue weighted by Crippen LogP contribution is 2.25. The maximum absolute atomic E-state index is 13.1. The van der Waals surface area contributed by atoms with Crippen LogP contribution in [0.4, 0.5) is 0 Å². The molecule has 0 saturated heterocycles. The van der Waals surface area contributed by atoms with Crippen molar-refractivity contribution in [2.75, 3.05) is 65.1 Å². The summed E-state index contributed by atoms with van der Waals surface area (Å²) in [6.45, 7) is 15.8. The predicted molar refractivity (Wildman–Crippen MR) is 316 cm³/mol. The van der Waals surface area contributed by atoms with Gasteiger partial charge < -0.3 is 19.1 Å². The molecule has 0 amide bonds. The van der Waals surface area contributed by atoms with E-state index in [-0.39, 0.29) is 17.9 Å². The van der Waals surface area contributed by atoms with Crippen molar-refractivity contribution in [3.05, 3.63) is 0 Å². The van der Waals surface area contributed by atoms with Gasteiger partial charge in [-0.3, -0.25) is 19.3 Å². The average Bonchev–Trinajstić information content (AvgIpc) is 3.37. The van der Waals surface area contributed by atoms with E-state index in [1.54, 1.807) is 0 Å². The van der Waals surface area contributed by atoms with Crippen molar-refractivity contribution in [3.8, 4) is 0 Å². The molecule has 2 atom stereocenters. The van der Waals surface area contributed by atoms with Crippen molar-refractivity contribution in [2.24, 2.45) is 11.8 Å². The normalized spacial score (nSPS) is 13.0. The third-order valence-corrected chi connectivity index (χ3v) is 17.1. The van der Waals surface area contributed by atoms with Gasteiger partial charge in [-0.25, -0.2) is 0 Å². The Balaban J connectivity index is 5.07. The quantitative estimate of drug-likeness (QED) is 0.0254. The van der Waals surface area contributed by atoms with Gasteiger partial charge in [-0.1, -0.05) is 236 Å². The zero-order chi connectivity index (χ0) is 52.8. The van der Waals surface area contributed by atoms with Crippen LogP contribution >= 0.6 is 21.6 Å². The summed E-state index contributed by atoms with van der Waals surface area (Å²) < 4.78 is 17.4. The number of unbranched alkanes of at least 4 members (excludes halogenated alkanes) is 24. The van der Waals surface area contributed by atoms with Gasteiger partial charge in [0.1, 0.15) is 6.61 Å². The Morgan fingerprint density at radius 1 is 0.361 bits per heavy atom. The third-order valence-electron chi connectivity index (χ3n) is 14.7. The molecule has 0 aliphatic rings. The van der Waals surface area contributed by atoms with E-state index in [2.05, 4.69) is 58.5 Å². The van der Waals surface area contributed by atoms with Crippen LogP contribution in [0.5, 0.6) is 0 Å². The van der Waals surface area contributed by atoms with Crippen LogP contribution < -0.4 is 0 Å². The number of hydrogen-bond donors (Lipinski definition) is 0. The van der Waals surface area contributed by atoms with Crippen LogP contribution in [0.15, 0.2) is 0 Å². The summed E-state index contributed by atoms with van der Waals surface area (Å²) in [6.07, 6.45) is 47.7. The Bertz CT molecular complexity index is 1110. The lowest BCUT2D eigenvalue weighted by Gasteiger charge is -2.32.